The molecule has 0 spiro atoms. The molecule has 1 rings (SSSR count). The third-order valence-corrected chi connectivity index (χ3v) is 2.61. The summed E-state index contributed by atoms with van der Waals surface area (Å²) in [6.45, 7) is 5.80. The molecule has 0 amide bonds. The van der Waals surface area contributed by atoms with Crippen LogP contribution < -0.4 is 0 Å². The molecule has 1 atom stereocenters. The Morgan fingerprint density at radius 3 is 2.94 bits per heavy atom. The molecule has 1 heterocycles. The number of esters is 1. The van der Waals surface area contributed by atoms with Crippen LogP contribution in [0, 0.1) is 11.3 Å². The highest BCUT2D eigenvalue weighted by Gasteiger charge is 2.28. The van der Waals surface area contributed by atoms with E-state index >= 15 is 0 Å². The van der Waals surface area contributed by atoms with Gasteiger partial charge in [0.05, 0.1) is 12.9 Å². The summed E-state index contributed by atoms with van der Waals surface area (Å²) in [4.78, 5) is 11.5. The van der Waals surface area contributed by atoms with Crippen LogP contribution in [-0.4, -0.2) is 18.2 Å². The Balaban J connectivity index is 2.85. The molecule has 1 aliphatic rings. The van der Waals surface area contributed by atoms with Gasteiger partial charge in [-0.2, -0.15) is 5.26 Å². The quantitative estimate of drug-likeness (QED) is 0.428. The van der Waals surface area contributed by atoms with Gasteiger partial charge in [-0.15, -0.1) is 0 Å². The lowest BCUT2D eigenvalue weighted by Crippen LogP contribution is -2.28. The fraction of sp³-hybridized carbons (Fsp3) is 0.538. The fourth-order valence-electron chi connectivity index (χ4n) is 1.56. The first-order chi connectivity index (χ1) is 8.00. The van der Waals surface area contributed by atoms with Crippen LogP contribution in [0.1, 0.15) is 33.6 Å². The number of allylic oxidation sites excluding steroid dienone is 1. The maximum absolute atomic E-state index is 11.5. The molecule has 4 heteroatoms. The van der Waals surface area contributed by atoms with E-state index in [2.05, 4.69) is 0 Å². The second-order valence-corrected chi connectivity index (χ2v) is 4.29. The third-order valence-electron chi connectivity index (χ3n) is 2.61. The monoisotopic (exact) mass is 235 g/mol. The lowest BCUT2D eigenvalue weighted by Gasteiger charge is -2.30. The van der Waals surface area contributed by atoms with Gasteiger partial charge in [0.15, 0.2) is 0 Å². The number of nitrogens with zero attached hydrogens (tertiary/aromatic N) is 1. The van der Waals surface area contributed by atoms with E-state index in [9.17, 15) is 4.79 Å². The minimum Gasteiger partial charge on any atom is -0.491 e. The average Bonchev–Trinajstić information content (AvgIpc) is 2.31. The Morgan fingerprint density at radius 2 is 2.47 bits per heavy atom. The van der Waals surface area contributed by atoms with Crippen molar-refractivity contribution in [1.82, 2.24) is 0 Å². The average molecular weight is 235 g/mol. The van der Waals surface area contributed by atoms with Crippen molar-refractivity contribution in [1.29, 1.82) is 5.26 Å². The first-order valence-corrected chi connectivity index (χ1v) is 5.64. The SMILES string of the molecule is CCOC(=O)C(C#N)=CC1(C)CCC(C)=CO1. The number of ether oxygens (including phenoxy) is 2. The minimum absolute atomic E-state index is 0.00213. The maximum atomic E-state index is 11.5. The van der Waals surface area contributed by atoms with Gasteiger partial charge in [-0.3, -0.25) is 0 Å². The van der Waals surface area contributed by atoms with Crippen LogP contribution in [0.4, 0.5) is 0 Å². The molecule has 1 unspecified atom stereocenters. The van der Waals surface area contributed by atoms with Gasteiger partial charge in [0.25, 0.3) is 0 Å². The molecule has 0 aromatic heterocycles. The van der Waals surface area contributed by atoms with Crippen molar-refractivity contribution in [3.8, 4) is 6.07 Å². The lowest BCUT2D eigenvalue weighted by atomic mass is 9.93. The predicted octanol–water partition coefficient (Wildman–Crippen LogP) is 2.47. The van der Waals surface area contributed by atoms with Gasteiger partial charge in [0, 0.05) is 0 Å². The van der Waals surface area contributed by atoms with Crippen LogP contribution in [-0.2, 0) is 14.3 Å². The van der Waals surface area contributed by atoms with E-state index in [4.69, 9.17) is 14.7 Å². The van der Waals surface area contributed by atoms with E-state index in [0.717, 1.165) is 18.4 Å². The molecular weight excluding hydrogens is 218 g/mol. The van der Waals surface area contributed by atoms with Gasteiger partial charge in [0.1, 0.15) is 17.2 Å². The normalized spacial score (nSPS) is 24.4. The first kappa shape index (κ1) is 13.3. The molecule has 4 nitrogen and oxygen atoms in total. The van der Waals surface area contributed by atoms with Crippen molar-refractivity contribution in [3.63, 3.8) is 0 Å². The summed E-state index contributed by atoms with van der Waals surface area (Å²) in [6.07, 6.45) is 4.88. The molecule has 17 heavy (non-hydrogen) atoms. The molecule has 92 valence electrons. The number of hydrogen-bond acceptors (Lipinski definition) is 4. The van der Waals surface area contributed by atoms with Crippen molar-refractivity contribution in [2.45, 2.75) is 39.2 Å². The Kier molecular flexibility index (Phi) is 4.33. The molecule has 0 aromatic carbocycles. The van der Waals surface area contributed by atoms with Gasteiger partial charge >= 0.3 is 5.97 Å². The zero-order chi connectivity index (χ0) is 12.9. The van der Waals surface area contributed by atoms with E-state index in [-0.39, 0.29) is 12.2 Å². The Labute approximate surface area is 102 Å². The number of carbonyl (C=O) groups excluding carboxylic acids is 1. The molecule has 0 aliphatic carbocycles. The molecular formula is C13H17NO3. The van der Waals surface area contributed by atoms with Gasteiger partial charge in [-0.05, 0) is 45.3 Å². The molecule has 0 saturated heterocycles. The second kappa shape index (κ2) is 5.53. The summed E-state index contributed by atoms with van der Waals surface area (Å²) in [5.74, 6) is -0.592. The zero-order valence-electron chi connectivity index (χ0n) is 10.4. The van der Waals surface area contributed by atoms with Crippen molar-refractivity contribution in [2.24, 2.45) is 0 Å². The van der Waals surface area contributed by atoms with E-state index in [0.29, 0.717) is 0 Å². The van der Waals surface area contributed by atoms with Crippen molar-refractivity contribution < 1.29 is 14.3 Å². The smallest absolute Gasteiger partial charge is 0.348 e. The fourth-order valence-corrected chi connectivity index (χ4v) is 1.56. The highest BCUT2D eigenvalue weighted by molar-refractivity contribution is 5.92. The summed E-state index contributed by atoms with van der Waals surface area (Å²) >= 11 is 0. The van der Waals surface area contributed by atoms with Crippen LogP contribution in [0.15, 0.2) is 23.5 Å². The van der Waals surface area contributed by atoms with Gasteiger partial charge in [-0.25, -0.2) is 4.79 Å². The highest BCUT2D eigenvalue weighted by Crippen LogP contribution is 2.28. The molecule has 1 aliphatic heterocycles. The summed E-state index contributed by atoms with van der Waals surface area (Å²) in [7, 11) is 0. The summed E-state index contributed by atoms with van der Waals surface area (Å²) < 4.78 is 10.3. The minimum atomic E-state index is -0.600. The van der Waals surface area contributed by atoms with Crippen LogP contribution in [0.25, 0.3) is 0 Å². The van der Waals surface area contributed by atoms with Crippen LogP contribution >= 0.6 is 0 Å². The number of rotatable bonds is 3. The lowest BCUT2D eigenvalue weighted by molar-refractivity contribution is -0.138. The molecule has 0 N–H and O–H groups in total. The van der Waals surface area contributed by atoms with E-state index in [1.807, 2.05) is 19.9 Å². The van der Waals surface area contributed by atoms with Crippen molar-refractivity contribution in [2.75, 3.05) is 6.61 Å². The first-order valence-electron chi connectivity index (χ1n) is 5.64. The number of carbonyl (C=O) groups is 1. The molecule has 0 fully saturated rings. The Bertz CT molecular complexity index is 403. The summed E-state index contributed by atoms with van der Waals surface area (Å²) in [5.41, 5.74) is 0.560. The standard InChI is InChI=1S/C13H17NO3/c1-4-16-12(15)11(8-14)7-13(3)6-5-10(2)9-17-13/h7,9H,4-6H2,1-3H3. The van der Waals surface area contributed by atoms with E-state index in [1.54, 1.807) is 19.3 Å². The predicted molar refractivity (Wildman–Crippen MR) is 62.8 cm³/mol. The van der Waals surface area contributed by atoms with Crippen LogP contribution in [0.5, 0.6) is 0 Å². The Hall–Kier alpha value is -1.76. The molecule has 0 bridgehead atoms. The zero-order valence-corrected chi connectivity index (χ0v) is 10.4. The van der Waals surface area contributed by atoms with Gasteiger partial charge < -0.3 is 9.47 Å². The second-order valence-electron chi connectivity index (χ2n) is 4.29. The van der Waals surface area contributed by atoms with Gasteiger partial charge in [0.2, 0.25) is 0 Å². The topological polar surface area (TPSA) is 59.3 Å². The van der Waals surface area contributed by atoms with Crippen molar-refractivity contribution >= 4 is 5.97 Å². The van der Waals surface area contributed by atoms with Gasteiger partial charge in [-0.1, -0.05) is 0 Å². The molecule has 0 saturated carbocycles. The van der Waals surface area contributed by atoms with Crippen LogP contribution in [0.2, 0.25) is 0 Å². The largest absolute Gasteiger partial charge is 0.491 e. The molecule has 0 radical (unpaired) electrons. The van der Waals surface area contributed by atoms with E-state index in [1.165, 1.54) is 0 Å². The summed E-state index contributed by atoms with van der Waals surface area (Å²) in [5, 5.41) is 8.93. The maximum Gasteiger partial charge on any atom is 0.348 e. The number of hydrogen-bond donors (Lipinski definition) is 0. The third kappa shape index (κ3) is 3.63. The van der Waals surface area contributed by atoms with Crippen molar-refractivity contribution in [3.05, 3.63) is 23.5 Å². The van der Waals surface area contributed by atoms with Crippen LogP contribution in [0.3, 0.4) is 0 Å². The summed E-state index contributed by atoms with van der Waals surface area (Å²) in [6, 6.07) is 1.86. The Morgan fingerprint density at radius 1 is 1.76 bits per heavy atom. The highest BCUT2D eigenvalue weighted by atomic mass is 16.5. The number of nitriles is 1. The molecule has 0 aromatic rings. The van der Waals surface area contributed by atoms with E-state index < -0.39 is 11.6 Å².